The van der Waals surface area contributed by atoms with Crippen LogP contribution < -0.4 is 5.32 Å². The van der Waals surface area contributed by atoms with Crippen LogP contribution in [0.2, 0.25) is 0 Å². The molecule has 0 saturated heterocycles. The maximum atomic E-state index is 14.0. The van der Waals surface area contributed by atoms with Crippen molar-refractivity contribution in [1.29, 1.82) is 0 Å². The van der Waals surface area contributed by atoms with Gasteiger partial charge in [0.05, 0.1) is 10.5 Å². The number of amides is 1. The molecule has 0 spiro atoms. The van der Waals surface area contributed by atoms with Gasteiger partial charge in [-0.1, -0.05) is 49.0 Å². The van der Waals surface area contributed by atoms with Gasteiger partial charge in [-0.15, -0.1) is 0 Å². The molecule has 1 amide bonds. The van der Waals surface area contributed by atoms with Crippen molar-refractivity contribution in [3.05, 3.63) is 93.8 Å². The molecule has 7 heteroatoms. The van der Waals surface area contributed by atoms with E-state index in [4.69, 9.17) is 0 Å². The monoisotopic (exact) mass is 396 g/mol. The van der Waals surface area contributed by atoms with Crippen LogP contribution in [0.5, 0.6) is 0 Å². The van der Waals surface area contributed by atoms with Crippen LogP contribution >= 0.6 is 11.8 Å². The van der Waals surface area contributed by atoms with E-state index in [2.05, 4.69) is 5.32 Å². The number of carbonyl (C=O) groups is 1. The quantitative estimate of drug-likeness (QED) is 0.428. The molecule has 3 aromatic rings. The lowest BCUT2D eigenvalue weighted by molar-refractivity contribution is -0.384. The predicted octanol–water partition coefficient (Wildman–Crippen LogP) is 5.70. The number of nitrogens with zero attached hydrogens (tertiary/aromatic N) is 1. The maximum Gasteiger partial charge on any atom is 0.270 e. The Morgan fingerprint density at radius 3 is 2.50 bits per heavy atom. The number of nitro benzene ring substituents is 1. The second-order valence-corrected chi connectivity index (χ2v) is 7.02. The van der Waals surface area contributed by atoms with E-state index < -0.39 is 16.6 Å². The highest BCUT2D eigenvalue weighted by molar-refractivity contribution is 7.99. The molecule has 0 radical (unpaired) electrons. The normalized spacial score (nSPS) is 10.5. The lowest BCUT2D eigenvalue weighted by atomic mass is 10.1. The molecule has 0 aliphatic carbocycles. The van der Waals surface area contributed by atoms with E-state index >= 15 is 0 Å². The standard InChI is InChI=1S/C21H17FN2O3S/c1-2-14-7-3-5-9-18(14)23-21(25)16-13-15(24(26)27)11-12-19(16)28-20-10-6-4-8-17(20)22/h3-13H,2H2,1H3,(H,23,25). The van der Waals surface area contributed by atoms with Gasteiger partial charge in [0.1, 0.15) is 5.82 Å². The van der Waals surface area contributed by atoms with Crippen molar-refractivity contribution in [1.82, 2.24) is 0 Å². The Morgan fingerprint density at radius 1 is 1.07 bits per heavy atom. The van der Waals surface area contributed by atoms with E-state index in [0.29, 0.717) is 15.5 Å². The van der Waals surface area contributed by atoms with Crippen molar-refractivity contribution in [2.24, 2.45) is 0 Å². The van der Waals surface area contributed by atoms with Crippen molar-refractivity contribution in [3.63, 3.8) is 0 Å². The number of carbonyl (C=O) groups excluding carboxylic acids is 1. The van der Waals surface area contributed by atoms with Crippen molar-refractivity contribution in [2.45, 2.75) is 23.1 Å². The third-order valence-corrected chi connectivity index (χ3v) is 5.25. The summed E-state index contributed by atoms with van der Waals surface area (Å²) in [6.07, 6.45) is 0.724. The van der Waals surface area contributed by atoms with Gasteiger partial charge in [-0.25, -0.2) is 4.39 Å². The summed E-state index contributed by atoms with van der Waals surface area (Å²) in [7, 11) is 0. The molecule has 1 N–H and O–H groups in total. The minimum atomic E-state index is -0.561. The number of aryl methyl sites for hydroxylation is 1. The first-order valence-corrected chi connectivity index (χ1v) is 9.41. The molecule has 0 aromatic heterocycles. The molecule has 0 bridgehead atoms. The largest absolute Gasteiger partial charge is 0.322 e. The highest BCUT2D eigenvalue weighted by atomic mass is 32.2. The number of hydrogen-bond acceptors (Lipinski definition) is 4. The van der Waals surface area contributed by atoms with Crippen LogP contribution in [0.25, 0.3) is 0 Å². The summed E-state index contributed by atoms with van der Waals surface area (Å²) in [4.78, 5) is 24.3. The molecule has 3 aromatic carbocycles. The topological polar surface area (TPSA) is 72.2 Å². The van der Waals surface area contributed by atoms with E-state index in [0.717, 1.165) is 23.7 Å². The molecule has 5 nitrogen and oxygen atoms in total. The van der Waals surface area contributed by atoms with Crippen molar-refractivity contribution in [3.8, 4) is 0 Å². The Balaban J connectivity index is 1.99. The second kappa shape index (κ2) is 8.67. The molecule has 0 aliphatic heterocycles. The van der Waals surface area contributed by atoms with Crippen LogP contribution in [0.1, 0.15) is 22.8 Å². The molecule has 0 aliphatic rings. The fourth-order valence-electron chi connectivity index (χ4n) is 2.68. The van der Waals surface area contributed by atoms with E-state index in [1.165, 1.54) is 24.3 Å². The van der Waals surface area contributed by atoms with Gasteiger partial charge in [-0.2, -0.15) is 0 Å². The van der Waals surface area contributed by atoms with Crippen LogP contribution in [0.3, 0.4) is 0 Å². The third kappa shape index (κ3) is 4.37. The Kier molecular flexibility index (Phi) is 6.06. The fraction of sp³-hybridized carbons (Fsp3) is 0.0952. The lowest BCUT2D eigenvalue weighted by Crippen LogP contribution is -2.14. The van der Waals surface area contributed by atoms with Crippen LogP contribution in [0.15, 0.2) is 76.5 Å². The van der Waals surface area contributed by atoms with E-state index in [1.54, 1.807) is 30.3 Å². The smallest absolute Gasteiger partial charge is 0.270 e. The SMILES string of the molecule is CCc1ccccc1NC(=O)c1cc([N+](=O)[O-])ccc1Sc1ccccc1F. The van der Waals surface area contributed by atoms with Crippen LogP contribution in [-0.2, 0) is 6.42 Å². The number of nitrogens with one attached hydrogen (secondary N) is 1. The first-order chi connectivity index (χ1) is 13.5. The molecule has 142 valence electrons. The van der Waals surface area contributed by atoms with Crippen molar-refractivity contribution in [2.75, 3.05) is 5.32 Å². The van der Waals surface area contributed by atoms with Crippen molar-refractivity contribution >= 4 is 29.0 Å². The Bertz CT molecular complexity index is 1040. The van der Waals surface area contributed by atoms with E-state index in [1.807, 2.05) is 19.1 Å². The van der Waals surface area contributed by atoms with Gasteiger partial charge < -0.3 is 5.32 Å². The lowest BCUT2D eigenvalue weighted by Gasteiger charge is -2.12. The number of hydrogen-bond donors (Lipinski definition) is 1. The number of non-ortho nitro benzene ring substituents is 1. The van der Waals surface area contributed by atoms with Gasteiger partial charge in [0.2, 0.25) is 0 Å². The number of benzene rings is 3. The van der Waals surface area contributed by atoms with Crippen molar-refractivity contribution < 1.29 is 14.1 Å². The van der Waals surface area contributed by atoms with Gasteiger partial charge in [-0.05, 0) is 36.2 Å². The Morgan fingerprint density at radius 2 is 1.79 bits per heavy atom. The number of anilines is 1. The van der Waals surface area contributed by atoms with E-state index in [-0.39, 0.29) is 11.3 Å². The summed E-state index contributed by atoms with van der Waals surface area (Å²) < 4.78 is 14.0. The number of nitro groups is 1. The molecule has 0 atom stereocenters. The summed E-state index contributed by atoms with van der Waals surface area (Å²) in [5, 5.41) is 14.0. The molecule has 0 heterocycles. The van der Waals surface area contributed by atoms with Crippen LogP contribution in [0, 0.1) is 15.9 Å². The molecular formula is C21H17FN2O3S. The average molecular weight is 396 g/mol. The van der Waals surface area contributed by atoms with Gasteiger partial charge in [0.25, 0.3) is 11.6 Å². The summed E-state index contributed by atoms with van der Waals surface area (Å²) in [6.45, 7) is 1.97. The number of halogens is 1. The zero-order valence-corrected chi connectivity index (χ0v) is 15.8. The minimum absolute atomic E-state index is 0.119. The zero-order chi connectivity index (χ0) is 20.1. The summed E-state index contributed by atoms with van der Waals surface area (Å²) in [5.41, 5.74) is 1.51. The predicted molar refractivity (Wildman–Crippen MR) is 107 cm³/mol. The van der Waals surface area contributed by atoms with Crippen LogP contribution in [0.4, 0.5) is 15.8 Å². The fourth-order valence-corrected chi connectivity index (χ4v) is 3.63. The van der Waals surface area contributed by atoms with Gasteiger partial charge in [0, 0.05) is 27.6 Å². The molecule has 0 saturated carbocycles. The third-order valence-electron chi connectivity index (χ3n) is 4.12. The molecule has 0 fully saturated rings. The first kappa shape index (κ1) is 19.6. The number of para-hydroxylation sites is 1. The molecule has 0 unspecified atom stereocenters. The van der Waals surface area contributed by atoms with Gasteiger partial charge in [0.15, 0.2) is 0 Å². The first-order valence-electron chi connectivity index (χ1n) is 8.59. The maximum absolute atomic E-state index is 14.0. The highest BCUT2D eigenvalue weighted by Gasteiger charge is 2.19. The zero-order valence-electron chi connectivity index (χ0n) is 15.0. The summed E-state index contributed by atoms with van der Waals surface area (Å²) in [5.74, 6) is -0.906. The van der Waals surface area contributed by atoms with Gasteiger partial charge in [-0.3, -0.25) is 14.9 Å². The van der Waals surface area contributed by atoms with Crippen LogP contribution in [-0.4, -0.2) is 10.8 Å². The minimum Gasteiger partial charge on any atom is -0.322 e. The molecule has 3 rings (SSSR count). The summed E-state index contributed by atoms with van der Waals surface area (Å²) >= 11 is 1.05. The number of rotatable bonds is 6. The average Bonchev–Trinajstić information content (AvgIpc) is 2.70. The van der Waals surface area contributed by atoms with E-state index in [9.17, 15) is 19.3 Å². The highest BCUT2D eigenvalue weighted by Crippen LogP contribution is 2.34. The molecule has 28 heavy (non-hydrogen) atoms. The second-order valence-electron chi connectivity index (χ2n) is 5.93. The Labute approximate surface area is 165 Å². The summed E-state index contributed by atoms with van der Waals surface area (Å²) in [6, 6.07) is 17.5. The Hall–Kier alpha value is -3.19. The van der Waals surface area contributed by atoms with Gasteiger partial charge >= 0.3 is 0 Å². The molecular weight excluding hydrogens is 379 g/mol.